The van der Waals surface area contributed by atoms with Crippen LogP contribution in [0.2, 0.25) is 0 Å². The van der Waals surface area contributed by atoms with Gasteiger partial charge in [-0.05, 0) is 12.0 Å². The second kappa shape index (κ2) is 8.84. The Hall–Kier alpha value is -2.10. The van der Waals surface area contributed by atoms with E-state index in [2.05, 4.69) is 10.0 Å². The van der Waals surface area contributed by atoms with E-state index in [0.29, 0.717) is 17.0 Å². The third-order valence-electron chi connectivity index (χ3n) is 4.33. The second-order valence-electron chi connectivity index (χ2n) is 5.75. The van der Waals surface area contributed by atoms with Gasteiger partial charge in [-0.25, -0.2) is 0 Å². The summed E-state index contributed by atoms with van der Waals surface area (Å²) in [5.74, 6) is 0. The molecule has 0 radical (unpaired) electrons. The Balaban J connectivity index is 2.69. The highest BCUT2D eigenvalue weighted by Crippen LogP contribution is 2.52. The molecule has 0 aliphatic rings. The van der Waals surface area contributed by atoms with E-state index in [9.17, 15) is 14.8 Å². The Morgan fingerprint density at radius 1 is 1.08 bits per heavy atom. The first-order valence-electron chi connectivity index (χ1n) is 8.13. The third-order valence-corrected chi connectivity index (χ3v) is 8.06. The molecular formula is C18H22N3O3P. The van der Waals surface area contributed by atoms with Gasteiger partial charge >= 0.3 is 0 Å². The first-order chi connectivity index (χ1) is 12.1. The lowest BCUT2D eigenvalue weighted by molar-refractivity contribution is 0.0726. The molecule has 7 heteroatoms. The summed E-state index contributed by atoms with van der Waals surface area (Å²) in [6, 6.07) is 17.1. The molecule has 0 fully saturated rings. The molecular weight excluding hydrogens is 337 g/mol. The minimum absolute atomic E-state index is 0.418. The van der Waals surface area contributed by atoms with Crippen molar-refractivity contribution in [3.05, 3.63) is 71.1 Å². The van der Waals surface area contributed by atoms with E-state index in [-0.39, 0.29) is 0 Å². The van der Waals surface area contributed by atoms with E-state index in [1.165, 1.54) is 0 Å². The molecule has 0 aromatic heterocycles. The van der Waals surface area contributed by atoms with Crippen molar-refractivity contribution in [1.29, 1.82) is 0 Å². The Labute approximate surface area is 147 Å². The first-order valence-corrected chi connectivity index (χ1v) is 9.91. The minimum atomic E-state index is -3.22. The molecule has 0 heterocycles. The fourth-order valence-electron chi connectivity index (χ4n) is 3.12. The van der Waals surface area contributed by atoms with Gasteiger partial charge in [0.2, 0.25) is 0 Å². The molecule has 2 aromatic rings. The zero-order valence-corrected chi connectivity index (χ0v) is 14.9. The van der Waals surface area contributed by atoms with Crippen molar-refractivity contribution in [2.45, 2.75) is 31.1 Å². The van der Waals surface area contributed by atoms with Gasteiger partial charge in [0.15, 0.2) is 0 Å². The summed E-state index contributed by atoms with van der Waals surface area (Å²) >= 11 is 0. The minimum Gasteiger partial charge on any atom is -0.394 e. The van der Waals surface area contributed by atoms with Gasteiger partial charge in [0.1, 0.15) is 7.14 Å². The Kier molecular flexibility index (Phi) is 6.80. The Morgan fingerprint density at radius 3 is 1.92 bits per heavy atom. The van der Waals surface area contributed by atoms with Gasteiger partial charge in [-0.3, -0.25) is 0 Å². The number of azide groups is 1. The van der Waals surface area contributed by atoms with Crippen molar-refractivity contribution in [2.75, 3.05) is 6.61 Å². The molecule has 0 saturated carbocycles. The largest absolute Gasteiger partial charge is 0.394 e. The average Bonchev–Trinajstić information content (AvgIpc) is 2.68. The maximum atomic E-state index is 14.3. The Morgan fingerprint density at radius 2 is 1.56 bits per heavy atom. The van der Waals surface area contributed by atoms with E-state index in [4.69, 9.17) is 5.53 Å². The molecule has 0 bridgehead atoms. The van der Waals surface area contributed by atoms with Crippen LogP contribution in [0.1, 0.15) is 13.3 Å². The van der Waals surface area contributed by atoms with E-state index >= 15 is 0 Å². The number of nitrogens with zero attached hydrogens (tertiary/aromatic N) is 3. The zero-order chi connectivity index (χ0) is 18.3. The topological polar surface area (TPSA) is 106 Å². The van der Waals surface area contributed by atoms with Crippen molar-refractivity contribution in [3.63, 3.8) is 0 Å². The highest BCUT2D eigenvalue weighted by atomic mass is 31.2. The molecule has 2 aromatic carbocycles. The number of aliphatic hydroxyl groups is 2. The molecule has 6 nitrogen and oxygen atoms in total. The van der Waals surface area contributed by atoms with Crippen molar-refractivity contribution >= 4 is 17.8 Å². The van der Waals surface area contributed by atoms with Gasteiger partial charge in [0.05, 0.1) is 18.8 Å². The van der Waals surface area contributed by atoms with Crippen LogP contribution in [0, 0.1) is 0 Å². The fraction of sp³-hybridized carbons (Fsp3) is 0.333. The maximum absolute atomic E-state index is 14.3. The summed E-state index contributed by atoms with van der Waals surface area (Å²) in [7, 11) is -3.22. The molecule has 2 N–H and O–H groups in total. The fourth-order valence-corrected chi connectivity index (χ4v) is 6.62. The van der Waals surface area contributed by atoms with Crippen LogP contribution in [0.4, 0.5) is 0 Å². The Bertz CT molecular complexity index is 720. The van der Waals surface area contributed by atoms with Gasteiger partial charge in [0, 0.05) is 21.2 Å². The molecule has 2 rings (SSSR count). The van der Waals surface area contributed by atoms with E-state index in [1.807, 2.05) is 43.3 Å². The maximum Gasteiger partial charge on any atom is 0.146 e. The zero-order valence-electron chi connectivity index (χ0n) is 14.0. The quantitative estimate of drug-likeness (QED) is 0.327. The van der Waals surface area contributed by atoms with Crippen LogP contribution >= 0.6 is 7.14 Å². The van der Waals surface area contributed by atoms with Crippen LogP contribution in [-0.4, -0.2) is 34.6 Å². The predicted molar refractivity (Wildman–Crippen MR) is 99.9 cm³/mol. The van der Waals surface area contributed by atoms with Crippen LogP contribution in [-0.2, 0) is 4.57 Å². The smallest absolute Gasteiger partial charge is 0.146 e. The number of hydrogen-bond acceptors (Lipinski definition) is 4. The van der Waals surface area contributed by atoms with Crippen molar-refractivity contribution in [1.82, 2.24) is 0 Å². The van der Waals surface area contributed by atoms with Gasteiger partial charge in [0.25, 0.3) is 0 Å². The van der Waals surface area contributed by atoms with Crippen molar-refractivity contribution < 1.29 is 14.8 Å². The van der Waals surface area contributed by atoms with Crippen LogP contribution in [0.25, 0.3) is 10.4 Å². The van der Waals surface area contributed by atoms with Crippen molar-refractivity contribution in [3.8, 4) is 0 Å². The summed E-state index contributed by atoms with van der Waals surface area (Å²) in [5.41, 5.74) is 8.28. The highest BCUT2D eigenvalue weighted by Gasteiger charge is 2.42. The second-order valence-corrected chi connectivity index (χ2v) is 8.76. The molecule has 0 aliphatic heterocycles. The number of hydrogen-bond donors (Lipinski definition) is 2. The van der Waals surface area contributed by atoms with E-state index < -0.39 is 31.6 Å². The van der Waals surface area contributed by atoms with Crippen LogP contribution in [0.3, 0.4) is 0 Å². The SMILES string of the molecule is CC[C@H]([C@@H](N=[N+]=[N-])[C@@H](O)CO)P(=O)(c1ccccc1)c1ccccc1. The number of benzene rings is 2. The lowest BCUT2D eigenvalue weighted by Gasteiger charge is -2.33. The monoisotopic (exact) mass is 359 g/mol. The van der Waals surface area contributed by atoms with Crippen molar-refractivity contribution in [2.24, 2.45) is 5.11 Å². The normalized spacial score (nSPS) is 15.0. The van der Waals surface area contributed by atoms with Gasteiger partial charge < -0.3 is 14.8 Å². The summed E-state index contributed by atoms with van der Waals surface area (Å²) in [5, 5.41) is 24.5. The molecule has 0 saturated heterocycles. The lowest BCUT2D eigenvalue weighted by atomic mass is 10.1. The third kappa shape index (κ3) is 3.94. The van der Waals surface area contributed by atoms with Crippen LogP contribution in [0.15, 0.2) is 65.8 Å². The molecule has 0 spiro atoms. The summed E-state index contributed by atoms with van der Waals surface area (Å²) in [6.45, 7) is 1.27. The molecule has 0 aliphatic carbocycles. The highest BCUT2D eigenvalue weighted by molar-refractivity contribution is 7.79. The van der Waals surface area contributed by atoms with Gasteiger partial charge in [-0.2, -0.15) is 0 Å². The molecule has 0 amide bonds. The number of aliphatic hydroxyl groups excluding tert-OH is 2. The standard InChI is InChI=1S/C18H22N3O3P/c1-2-17(18(20-21-19)16(23)13-22)25(24,14-9-5-3-6-10-14)15-11-7-4-8-12-15/h3-12,16-18,22-23H,2,13H2,1H3/t16-,17+,18-/m0/s1. The summed E-state index contributed by atoms with van der Waals surface area (Å²) < 4.78 is 14.3. The van der Waals surface area contributed by atoms with Crippen LogP contribution < -0.4 is 10.6 Å². The average molecular weight is 359 g/mol. The lowest BCUT2D eigenvalue weighted by Crippen LogP contribution is -2.41. The van der Waals surface area contributed by atoms with E-state index in [1.54, 1.807) is 24.3 Å². The summed E-state index contributed by atoms with van der Waals surface area (Å²) in [4.78, 5) is 2.81. The molecule has 132 valence electrons. The van der Waals surface area contributed by atoms with Crippen LogP contribution in [0.5, 0.6) is 0 Å². The summed E-state index contributed by atoms with van der Waals surface area (Å²) in [6.07, 6.45) is -0.858. The molecule has 0 unspecified atom stereocenters. The molecule has 3 atom stereocenters. The molecule has 25 heavy (non-hydrogen) atoms. The predicted octanol–water partition coefficient (Wildman–Crippen LogP) is 2.81. The van der Waals surface area contributed by atoms with Gasteiger partial charge in [-0.15, -0.1) is 0 Å². The van der Waals surface area contributed by atoms with Gasteiger partial charge in [-0.1, -0.05) is 72.7 Å². The van der Waals surface area contributed by atoms with E-state index in [0.717, 1.165) is 0 Å². The number of rotatable bonds is 8. The first kappa shape index (κ1) is 19.2.